The fraction of sp³-hybridized carbons (Fsp3) is 0.350. The third-order valence-electron chi connectivity index (χ3n) is 4.25. The molecule has 0 aromatic heterocycles. The van der Waals surface area contributed by atoms with E-state index in [4.69, 9.17) is 25.8 Å². The Kier molecular flexibility index (Phi) is 6.08. The van der Waals surface area contributed by atoms with Crippen LogP contribution in [0.4, 0.5) is 5.69 Å². The summed E-state index contributed by atoms with van der Waals surface area (Å²) in [5, 5.41) is 3.47. The Morgan fingerprint density at radius 2 is 2.07 bits per heavy atom. The van der Waals surface area contributed by atoms with Gasteiger partial charge in [-0.05, 0) is 37.7 Å². The number of ether oxygens (including phenoxy) is 3. The lowest BCUT2D eigenvalue weighted by Gasteiger charge is -2.29. The van der Waals surface area contributed by atoms with Gasteiger partial charge in [0, 0.05) is 17.6 Å². The third-order valence-corrected chi connectivity index (χ3v) is 4.66. The van der Waals surface area contributed by atoms with Crippen LogP contribution in [-0.2, 0) is 4.79 Å². The fourth-order valence-electron chi connectivity index (χ4n) is 2.93. The van der Waals surface area contributed by atoms with Crippen LogP contribution in [0.25, 0.3) is 0 Å². The Bertz CT molecular complexity index is 828. The predicted octanol–water partition coefficient (Wildman–Crippen LogP) is 3.37. The highest BCUT2D eigenvalue weighted by atomic mass is 35.5. The highest BCUT2D eigenvalue weighted by molar-refractivity contribution is 6.31. The molecule has 2 aromatic rings. The number of para-hydroxylation sites is 2. The first-order valence-corrected chi connectivity index (χ1v) is 9.05. The highest BCUT2D eigenvalue weighted by Gasteiger charge is 2.22. The summed E-state index contributed by atoms with van der Waals surface area (Å²) in [5.41, 5.74) is 1.47. The summed E-state index contributed by atoms with van der Waals surface area (Å²) in [7, 11) is 3.41. The van der Waals surface area contributed by atoms with Crippen LogP contribution in [0.5, 0.6) is 17.2 Å². The lowest BCUT2D eigenvalue weighted by atomic mass is 10.2. The number of fused-ring (bicyclic) bond motifs is 1. The Balaban J connectivity index is 1.55. The zero-order valence-electron chi connectivity index (χ0n) is 15.6. The van der Waals surface area contributed by atoms with Gasteiger partial charge in [0.1, 0.15) is 18.5 Å². The van der Waals surface area contributed by atoms with Gasteiger partial charge in [0.2, 0.25) is 5.91 Å². The second kappa shape index (κ2) is 8.50. The van der Waals surface area contributed by atoms with Crippen LogP contribution in [0, 0.1) is 6.92 Å². The van der Waals surface area contributed by atoms with Crippen molar-refractivity contribution in [3.05, 3.63) is 47.0 Å². The van der Waals surface area contributed by atoms with E-state index < -0.39 is 0 Å². The first-order valence-electron chi connectivity index (χ1n) is 8.67. The summed E-state index contributed by atoms with van der Waals surface area (Å²) in [6, 6.07) is 11.1. The van der Waals surface area contributed by atoms with E-state index in [-0.39, 0.29) is 18.6 Å². The third kappa shape index (κ3) is 4.84. The number of nitrogens with zero attached hydrogens (tertiary/aromatic N) is 1. The molecule has 3 rings (SSSR count). The number of likely N-dealkylation sites (N-methyl/N-ethyl adjacent to an activating group) is 1. The minimum absolute atomic E-state index is 0.134. The molecule has 0 radical (unpaired) electrons. The number of hydrogen-bond acceptors (Lipinski definition) is 5. The van der Waals surface area contributed by atoms with E-state index in [1.807, 2.05) is 43.1 Å². The molecule has 7 heteroatoms. The van der Waals surface area contributed by atoms with Crippen molar-refractivity contribution in [1.29, 1.82) is 0 Å². The summed E-state index contributed by atoms with van der Waals surface area (Å²) in [4.78, 5) is 14.3. The monoisotopic (exact) mass is 390 g/mol. The average Bonchev–Trinajstić information content (AvgIpc) is 2.64. The molecule has 144 valence electrons. The highest BCUT2D eigenvalue weighted by Crippen LogP contribution is 2.32. The van der Waals surface area contributed by atoms with Crippen LogP contribution in [-0.4, -0.2) is 50.8 Å². The zero-order valence-corrected chi connectivity index (χ0v) is 16.4. The van der Waals surface area contributed by atoms with Crippen molar-refractivity contribution >= 4 is 23.2 Å². The Labute approximate surface area is 164 Å². The van der Waals surface area contributed by atoms with Crippen molar-refractivity contribution in [3.8, 4) is 17.2 Å². The lowest BCUT2D eigenvalue weighted by molar-refractivity contribution is -0.117. The number of aryl methyl sites for hydroxylation is 1. The molecule has 1 atom stereocenters. The standard InChI is InChI=1S/C20H23ClN2O4/c1-13-8-16(19(25-3)9-15(13)21)22-20(24)11-23(2)10-14-12-26-17-6-4-5-7-18(17)27-14/h4-9,14H,10-12H2,1-3H3,(H,22,24). The molecule has 1 aliphatic rings. The van der Waals surface area contributed by atoms with Gasteiger partial charge in [0.25, 0.3) is 0 Å². The molecule has 2 aromatic carbocycles. The number of hydrogen-bond donors (Lipinski definition) is 1. The minimum atomic E-state index is -0.144. The number of anilines is 1. The molecular formula is C20H23ClN2O4. The zero-order chi connectivity index (χ0) is 19.4. The van der Waals surface area contributed by atoms with E-state index in [1.54, 1.807) is 19.2 Å². The van der Waals surface area contributed by atoms with Crippen molar-refractivity contribution < 1.29 is 19.0 Å². The quantitative estimate of drug-likeness (QED) is 0.819. The minimum Gasteiger partial charge on any atom is -0.495 e. The Morgan fingerprint density at radius 1 is 1.33 bits per heavy atom. The van der Waals surface area contributed by atoms with Crippen molar-refractivity contribution in [2.24, 2.45) is 0 Å². The summed E-state index contributed by atoms with van der Waals surface area (Å²) in [6.07, 6.45) is -0.134. The number of carbonyl (C=O) groups is 1. The molecule has 0 bridgehead atoms. The van der Waals surface area contributed by atoms with Gasteiger partial charge in [-0.3, -0.25) is 9.69 Å². The SMILES string of the molecule is COc1cc(Cl)c(C)cc1NC(=O)CN(C)CC1COc2ccccc2O1. The number of rotatable bonds is 6. The van der Waals surface area contributed by atoms with E-state index in [9.17, 15) is 4.79 Å². The van der Waals surface area contributed by atoms with E-state index in [0.29, 0.717) is 29.6 Å². The van der Waals surface area contributed by atoms with E-state index >= 15 is 0 Å². The van der Waals surface area contributed by atoms with Gasteiger partial charge in [-0.25, -0.2) is 0 Å². The molecule has 0 fully saturated rings. The van der Waals surface area contributed by atoms with Gasteiger partial charge in [0.05, 0.1) is 19.3 Å². The predicted molar refractivity (Wildman–Crippen MR) is 105 cm³/mol. The number of halogens is 1. The van der Waals surface area contributed by atoms with Gasteiger partial charge in [-0.15, -0.1) is 0 Å². The maximum atomic E-state index is 12.4. The lowest BCUT2D eigenvalue weighted by Crippen LogP contribution is -2.42. The van der Waals surface area contributed by atoms with Gasteiger partial charge >= 0.3 is 0 Å². The molecule has 0 saturated heterocycles. The number of nitrogens with one attached hydrogen (secondary N) is 1. The largest absolute Gasteiger partial charge is 0.495 e. The maximum Gasteiger partial charge on any atom is 0.238 e. The summed E-state index contributed by atoms with van der Waals surface area (Å²) < 4.78 is 16.9. The number of carbonyl (C=O) groups excluding carboxylic acids is 1. The van der Waals surface area contributed by atoms with Gasteiger partial charge in [-0.2, -0.15) is 0 Å². The summed E-state index contributed by atoms with van der Waals surface area (Å²) >= 11 is 6.10. The van der Waals surface area contributed by atoms with Crippen molar-refractivity contribution in [2.45, 2.75) is 13.0 Å². The number of amides is 1. The molecule has 27 heavy (non-hydrogen) atoms. The Morgan fingerprint density at radius 3 is 2.81 bits per heavy atom. The molecule has 6 nitrogen and oxygen atoms in total. The molecule has 0 saturated carbocycles. The maximum absolute atomic E-state index is 12.4. The van der Waals surface area contributed by atoms with Crippen LogP contribution in [0.15, 0.2) is 36.4 Å². The molecule has 0 spiro atoms. The molecule has 1 heterocycles. The normalized spacial score (nSPS) is 15.5. The first-order chi connectivity index (χ1) is 13.0. The summed E-state index contributed by atoms with van der Waals surface area (Å²) in [5.74, 6) is 1.87. The van der Waals surface area contributed by atoms with Crippen molar-refractivity contribution in [3.63, 3.8) is 0 Å². The van der Waals surface area contributed by atoms with Crippen LogP contribution >= 0.6 is 11.6 Å². The van der Waals surface area contributed by atoms with E-state index in [0.717, 1.165) is 17.1 Å². The van der Waals surface area contributed by atoms with Crippen LogP contribution in [0.3, 0.4) is 0 Å². The van der Waals surface area contributed by atoms with Crippen LogP contribution < -0.4 is 19.5 Å². The number of methoxy groups -OCH3 is 1. The van der Waals surface area contributed by atoms with Crippen LogP contribution in [0.2, 0.25) is 5.02 Å². The molecule has 1 amide bonds. The molecule has 1 N–H and O–H groups in total. The summed E-state index contributed by atoms with van der Waals surface area (Å²) in [6.45, 7) is 3.11. The second-order valence-corrected chi connectivity index (χ2v) is 6.95. The van der Waals surface area contributed by atoms with E-state index in [2.05, 4.69) is 5.32 Å². The number of benzene rings is 2. The van der Waals surface area contributed by atoms with Gasteiger partial charge in [-0.1, -0.05) is 23.7 Å². The van der Waals surface area contributed by atoms with Gasteiger partial charge < -0.3 is 19.5 Å². The second-order valence-electron chi connectivity index (χ2n) is 6.54. The topological polar surface area (TPSA) is 60.0 Å². The van der Waals surface area contributed by atoms with Crippen molar-refractivity contribution in [1.82, 2.24) is 4.90 Å². The molecular weight excluding hydrogens is 368 g/mol. The molecule has 1 aliphatic heterocycles. The molecule has 0 aliphatic carbocycles. The van der Waals surface area contributed by atoms with E-state index in [1.165, 1.54) is 0 Å². The Hall–Kier alpha value is -2.44. The fourth-order valence-corrected chi connectivity index (χ4v) is 3.08. The molecule has 1 unspecified atom stereocenters. The van der Waals surface area contributed by atoms with Gasteiger partial charge in [0.15, 0.2) is 11.5 Å². The smallest absolute Gasteiger partial charge is 0.238 e. The van der Waals surface area contributed by atoms with Crippen molar-refractivity contribution in [2.75, 3.05) is 39.2 Å². The first kappa shape index (κ1) is 19.3. The average molecular weight is 391 g/mol. The van der Waals surface area contributed by atoms with Crippen LogP contribution in [0.1, 0.15) is 5.56 Å².